The fourth-order valence-electron chi connectivity index (χ4n) is 4.36. The average molecular weight is 365 g/mol. The SMILES string of the molecule is COc1ccc2c(c1)CC(C(=O)NC(c1ccccc1)C1CCCC1)CO2. The lowest BCUT2D eigenvalue weighted by molar-refractivity contribution is -0.127. The molecular weight excluding hydrogens is 338 g/mol. The van der Waals surface area contributed by atoms with Crippen LogP contribution in [0.1, 0.15) is 42.9 Å². The van der Waals surface area contributed by atoms with E-state index < -0.39 is 0 Å². The molecule has 0 radical (unpaired) electrons. The summed E-state index contributed by atoms with van der Waals surface area (Å²) in [4.78, 5) is 13.1. The highest BCUT2D eigenvalue weighted by molar-refractivity contribution is 5.80. The maximum absolute atomic E-state index is 13.1. The molecule has 1 saturated carbocycles. The summed E-state index contributed by atoms with van der Waals surface area (Å²) in [6.45, 7) is 0.428. The molecule has 1 aliphatic carbocycles. The molecule has 0 spiro atoms. The fourth-order valence-corrected chi connectivity index (χ4v) is 4.36. The van der Waals surface area contributed by atoms with E-state index in [2.05, 4.69) is 29.6 Å². The summed E-state index contributed by atoms with van der Waals surface area (Å²) < 4.78 is 11.2. The van der Waals surface area contributed by atoms with E-state index in [1.165, 1.54) is 31.2 Å². The molecule has 2 unspecified atom stereocenters. The molecular formula is C23H27NO3. The van der Waals surface area contributed by atoms with Gasteiger partial charge in [-0.25, -0.2) is 0 Å². The van der Waals surface area contributed by atoms with Crippen LogP contribution < -0.4 is 14.8 Å². The molecule has 27 heavy (non-hydrogen) atoms. The van der Waals surface area contributed by atoms with E-state index in [1.807, 2.05) is 24.3 Å². The third-order valence-corrected chi connectivity index (χ3v) is 5.87. The van der Waals surface area contributed by atoms with Crippen LogP contribution in [-0.2, 0) is 11.2 Å². The molecule has 1 fully saturated rings. The molecule has 2 aromatic carbocycles. The van der Waals surface area contributed by atoms with Crippen molar-refractivity contribution in [1.29, 1.82) is 0 Å². The normalized spacial score (nSPS) is 20.4. The van der Waals surface area contributed by atoms with Crippen LogP contribution in [0.3, 0.4) is 0 Å². The fraction of sp³-hybridized carbons (Fsp3) is 0.435. The first-order chi connectivity index (χ1) is 13.2. The largest absolute Gasteiger partial charge is 0.497 e. The van der Waals surface area contributed by atoms with Crippen LogP contribution in [0.4, 0.5) is 0 Å². The highest BCUT2D eigenvalue weighted by Gasteiger charge is 2.32. The number of methoxy groups -OCH3 is 1. The molecule has 4 heteroatoms. The lowest BCUT2D eigenvalue weighted by atomic mass is 9.90. The molecule has 1 amide bonds. The van der Waals surface area contributed by atoms with Gasteiger partial charge in [0.15, 0.2) is 0 Å². The maximum atomic E-state index is 13.1. The molecule has 1 heterocycles. The van der Waals surface area contributed by atoms with Gasteiger partial charge in [-0.1, -0.05) is 43.2 Å². The second-order valence-electron chi connectivity index (χ2n) is 7.63. The van der Waals surface area contributed by atoms with Gasteiger partial charge in [-0.3, -0.25) is 4.79 Å². The summed E-state index contributed by atoms with van der Waals surface area (Å²) in [5, 5.41) is 3.35. The van der Waals surface area contributed by atoms with E-state index in [-0.39, 0.29) is 17.9 Å². The minimum Gasteiger partial charge on any atom is -0.497 e. The number of hydrogen-bond acceptors (Lipinski definition) is 3. The molecule has 4 rings (SSSR count). The number of benzene rings is 2. The molecule has 2 atom stereocenters. The Labute approximate surface area is 160 Å². The molecule has 2 aromatic rings. The zero-order valence-electron chi connectivity index (χ0n) is 15.8. The first-order valence-electron chi connectivity index (χ1n) is 9.89. The minimum atomic E-state index is -0.169. The summed E-state index contributed by atoms with van der Waals surface area (Å²) in [5.74, 6) is 2.09. The van der Waals surface area contributed by atoms with Crippen LogP contribution >= 0.6 is 0 Å². The van der Waals surface area contributed by atoms with Gasteiger partial charge in [-0.15, -0.1) is 0 Å². The van der Waals surface area contributed by atoms with Crippen molar-refractivity contribution < 1.29 is 14.3 Å². The van der Waals surface area contributed by atoms with Crippen molar-refractivity contribution >= 4 is 5.91 Å². The van der Waals surface area contributed by atoms with Gasteiger partial charge < -0.3 is 14.8 Å². The molecule has 4 nitrogen and oxygen atoms in total. The second-order valence-corrected chi connectivity index (χ2v) is 7.63. The number of ether oxygens (including phenoxy) is 2. The van der Waals surface area contributed by atoms with Gasteiger partial charge in [0.2, 0.25) is 5.91 Å². The van der Waals surface area contributed by atoms with Crippen molar-refractivity contribution in [2.24, 2.45) is 11.8 Å². The first-order valence-corrected chi connectivity index (χ1v) is 9.89. The van der Waals surface area contributed by atoms with Crippen molar-refractivity contribution in [3.63, 3.8) is 0 Å². The van der Waals surface area contributed by atoms with Crippen molar-refractivity contribution in [3.8, 4) is 11.5 Å². The lowest BCUT2D eigenvalue weighted by Crippen LogP contribution is -2.41. The van der Waals surface area contributed by atoms with E-state index in [0.29, 0.717) is 18.9 Å². The Morgan fingerprint density at radius 3 is 2.67 bits per heavy atom. The van der Waals surface area contributed by atoms with E-state index in [4.69, 9.17) is 9.47 Å². The molecule has 2 aliphatic rings. The zero-order chi connectivity index (χ0) is 18.6. The third kappa shape index (κ3) is 3.95. The highest BCUT2D eigenvalue weighted by atomic mass is 16.5. The monoisotopic (exact) mass is 365 g/mol. The topological polar surface area (TPSA) is 47.6 Å². The highest BCUT2D eigenvalue weighted by Crippen LogP contribution is 2.36. The Bertz CT molecular complexity index is 783. The summed E-state index contributed by atoms with van der Waals surface area (Å²) in [6, 6.07) is 16.3. The number of hydrogen-bond donors (Lipinski definition) is 1. The number of carbonyl (C=O) groups excluding carboxylic acids is 1. The van der Waals surface area contributed by atoms with E-state index in [9.17, 15) is 4.79 Å². The van der Waals surface area contributed by atoms with E-state index in [0.717, 1.165) is 17.1 Å². The predicted octanol–water partition coefficient (Wildman–Crippen LogP) is 4.29. The summed E-state index contributed by atoms with van der Waals surface area (Å²) in [7, 11) is 1.65. The quantitative estimate of drug-likeness (QED) is 0.860. The van der Waals surface area contributed by atoms with E-state index >= 15 is 0 Å². The Hall–Kier alpha value is -2.49. The third-order valence-electron chi connectivity index (χ3n) is 5.87. The van der Waals surface area contributed by atoms with Crippen LogP contribution in [0.25, 0.3) is 0 Å². The van der Waals surface area contributed by atoms with Crippen LogP contribution in [0.5, 0.6) is 11.5 Å². The van der Waals surface area contributed by atoms with Gasteiger partial charge in [-0.2, -0.15) is 0 Å². The summed E-state index contributed by atoms with van der Waals surface area (Å²) >= 11 is 0. The van der Waals surface area contributed by atoms with Crippen molar-refractivity contribution in [2.75, 3.05) is 13.7 Å². The van der Waals surface area contributed by atoms with Gasteiger partial charge >= 0.3 is 0 Å². The number of fused-ring (bicyclic) bond motifs is 1. The Morgan fingerprint density at radius 2 is 1.93 bits per heavy atom. The van der Waals surface area contributed by atoms with Crippen LogP contribution in [0, 0.1) is 11.8 Å². The predicted molar refractivity (Wildman–Crippen MR) is 105 cm³/mol. The molecule has 0 saturated heterocycles. The second kappa shape index (κ2) is 8.03. The molecule has 0 bridgehead atoms. The Kier molecular flexibility index (Phi) is 5.33. The van der Waals surface area contributed by atoms with Gasteiger partial charge in [0.25, 0.3) is 0 Å². The lowest BCUT2D eigenvalue weighted by Gasteiger charge is -2.30. The van der Waals surface area contributed by atoms with Gasteiger partial charge in [-0.05, 0) is 54.5 Å². The van der Waals surface area contributed by atoms with Crippen LogP contribution in [0.15, 0.2) is 48.5 Å². The van der Waals surface area contributed by atoms with Crippen molar-refractivity contribution in [1.82, 2.24) is 5.32 Å². The first kappa shape index (κ1) is 17.9. The van der Waals surface area contributed by atoms with Crippen molar-refractivity contribution in [3.05, 3.63) is 59.7 Å². The standard InChI is InChI=1S/C23H27NO3/c1-26-20-11-12-21-18(14-20)13-19(15-27-21)23(25)24-22(17-9-5-6-10-17)16-7-3-2-4-8-16/h2-4,7-8,11-12,14,17,19,22H,5-6,9-10,13,15H2,1H3,(H,24,25). The summed E-state index contributed by atoms with van der Waals surface area (Å²) in [6.07, 6.45) is 5.56. The zero-order valence-corrected chi connectivity index (χ0v) is 15.8. The minimum absolute atomic E-state index is 0.0872. The Balaban J connectivity index is 1.49. The maximum Gasteiger partial charge on any atom is 0.227 e. The smallest absolute Gasteiger partial charge is 0.227 e. The van der Waals surface area contributed by atoms with Gasteiger partial charge in [0.1, 0.15) is 18.1 Å². The molecule has 1 aliphatic heterocycles. The number of rotatable bonds is 5. The summed E-state index contributed by atoms with van der Waals surface area (Å²) in [5.41, 5.74) is 2.24. The Morgan fingerprint density at radius 1 is 1.15 bits per heavy atom. The van der Waals surface area contributed by atoms with Crippen LogP contribution in [-0.4, -0.2) is 19.6 Å². The van der Waals surface area contributed by atoms with Crippen LogP contribution in [0.2, 0.25) is 0 Å². The van der Waals surface area contributed by atoms with Gasteiger partial charge in [0, 0.05) is 0 Å². The van der Waals surface area contributed by atoms with Gasteiger partial charge in [0.05, 0.1) is 19.1 Å². The molecule has 142 valence electrons. The van der Waals surface area contributed by atoms with Crippen molar-refractivity contribution in [2.45, 2.75) is 38.1 Å². The average Bonchev–Trinajstić information content (AvgIpc) is 3.26. The number of amides is 1. The van der Waals surface area contributed by atoms with E-state index in [1.54, 1.807) is 7.11 Å². The number of nitrogens with one attached hydrogen (secondary N) is 1. The molecule has 0 aromatic heterocycles. The number of carbonyl (C=O) groups is 1. The molecule has 1 N–H and O–H groups in total.